The van der Waals surface area contributed by atoms with E-state index < -0.39 is 11.8 Å². The number of carbonyl (C=O) groups excluding carboxylic acids is 1. The van der Waals surface area contributed by atoms with Crippen LogP contribution in [0.2, 0.25) is 0 Å². The van der Waals surface area contributed by atoms with Crippen LogP contribution in [0.1, 0.15) is 5.76 Å². The summed E-state index contributed by atoms with van der Waals surface area (Å²) in [5, 5.41) is 0. The van der Waals surface area contributed by atoms with Crippen molar-refractivity contribution in [3.63, 3.8) is 0 Å². The number of aliphatic imine (C=N–C) groups is 1. The fourth-order valence-corrected chi connectivity index (χ4v) is 0.895. The molecule has 12 heavy (non-hydrogen) atoms. The Labute approximate surface area is 74.2 Å². The second kappa shape index (κ2) is 3.16. The lowest BCUT2D eigenvalue weighted by Crippen LogP contribution is -2.07. The fourth-order valence-electron chi connectivity index (χ4n) is 0.588. The summed E-state index contributed by atoms with van der Waals surface area (Å²) in [4.78, 5) is 11.9. The van der Waals surface area contributed by atoms with Gasteiger partial charge in [0.15, 0.2) is 10.4 Å². The Morgan fingerprint density at radius 2 is 2.25 bits per heavy atom. The van der Waals surface area contributed by atoms with Gasteiger partial charge in [0, 0.05) is 0 Å². The minimum Gasteiger partial charge on any atom is -0.446 e. The van der Waals surface area contributed by atoms with Crippen molar-refractivity contribution in [1.29, 1.82) is 0 Å². The van der Waals surface area contributed by atoms with Gasteiger partial charge in [0.1, 0.15) is 0 Å². The van der Waals surface area contributed by atoms with Gasteiger partial charge >= 0.3 is 6.05 Å². The van der Waals surface area contributed by atoms with E-state index in [2.05, 4.69) is 25.3 Å². The van der Waals surface area contributed by atoms with Crippen LogP contribution in [0.25, 0.3) is 0 Å². The predicted molar refractivity (Wildman–Crippen MR) is 38.4 cm³/mol. The average molecular weight is 238 g/mol. The van der Waals surface area contributed by atoms with E-state index in [9.17, 15) is 13.6 Å². The molecule has 0 saturated carbocycles. The summed E-state index contributed by atoms with van der Waals surface area (Å²) in [6, 6.07) is -1.33. The highest BCUT2D eigenvalue weighted by molar-refractivity contribution is 9.10. The van der Waals surface area contributed by atoms with Crippen LogP contribution in [0, 0.1) is 0 Å². The van der Waals surface area contributed by atoms with Crippen molar-refractivity contribution in [2.75, 3.05) is 0 Å². The first kappa shape index (κ1) is 9.09. The Balaban J connectivity index is 3.04. The molecule has 0 saturated heterocycles. The summed E-state index contributed by atoms with van der Waals surface area (Å²) in [6.45, 7) is 0. The number of halogens is 3. The Hall–Kier alpha value is -1.00. The maximum absolute atomic E-state index is 12.6. The predicted octanol–water partition coefficient (Wildman–Crippen LogP) is 2.43. The van der Waals surface area contributed by atoms with E-state index in [0.717, 1.165) is 12.1 Å². The zero-order chi connectivity index (χ0) is 9.19. The molecule has 0 N–H and O–H groups in total. The number of nitrogens with zero attached hydrogens (tertiary/aromatic N) is 1. The third-order valence-electron chi connectivity index (χ3n) is 1.06. The summed E-state index contributed by atoms with van der Waals surface area (Å²) in [5.74, 6) is -0.697. The molecule has 1 aromatic heterocycles. The Kier molecular flexibility index (Phi) is 2.40. The van der Waals surface area contributed by atoms with Gasteiger partial charge in [-0.1, -0.05) is 0 Å². The molecule has 0 spiro atoms. The fraction of sp³-hybridized carbons (Fsp3) is 0.167. The highest BCUT2D eigenvalue weighted by atomic mass is 79.9. The van der Waals surface area contributed by atoms with Crippen LogP contribution < -0.4 is 0 Å². The van der Waals surface area contributed by atoms with Gasteiger partial charge in [-0.2, -0.15) is 8.78 Å². The van der Waals surface area contributed by atoms with E-state index in [1.807, 2.05) is 0 Å². The van der Waals surface area contributed by atoms with Crippen molar-refractivity contribution in [3.8, 4) is 0 Å². The number of rotatable bonds is 2. The molecule has 1 heterocycles. The molecule has 0 unspecified atom stereocenters. The van der Waals surface area contributed by atoms with E-state index in [4.69, 9.17) is 0 Å². The normalized spacial score (nSPS) is 10.9. The van der Waals surface area contributed by atoms with Crippen molar-refractivity contribution < 1.29 is 18.0 Å². The van der Waals surface area contributed by atoms with E-state index in [1.54, 1.807) is 0 Å². The van der Waals surface area contributed by atoms with E-state index in [0.29, 0.717) is 0 Å². The summed E-state index contributed by atoms with van der Waals surface area (Å²) < 4.78 is 29.9. The van der Waals surface area contributed by atoms with Crippen molar-refractivity contribution >= 4 is 22.0 Å². The largest absolute Gasteiger partial charge is 0.446 e. The van der Waals surface area contributed by atoms with E-state index in [1.165, 1.54) is 6.07 Å². The average Bonchev–Trinajstić information content (AvgIpc) is 2.36. The van der Waals surface area contributed by atoms with Gasteiger partial charge in [0.05, 0.1) is 0 Å². The van der Waals surface area contributed by atoms with Gasteiger partial charge < -0.3 is 4.42 Å². The Morgan fingerprint density at radius 1 is 1.58 bits per heavy atom. The number of hydrogen-bond donors (Lipinski definition) is 0. The van der Waals surface area contributed by atoms with Gasteiger partial charge in [-0.25, -0.2) is 4.79 Å². The SMILES string of the molecule is O=C=NC(F)(F)c1ccc(Br)o1. The summed E-state index contributed by atoms with van der Waals surface area (Å²) in [5.41, 5.74) is 0. The number of alkyl halides is 2. The quantitative estimate of drug-likeness (QED) is 0.451. The smallest absolute Gasteiger partial charge is 0.410 e. The molecule has 0 atom stereocenters. The van der Waals surface area contributed by atoms with Crippen LogP contribution in [0.5, 0.6) is 0 Å². The summed E-state index contributed by atoms with van der Waals surface area (Å²) in [6.07, 6.45) is 0.765. The monoisotopic (exact) mass is 237 g/mol. The summed E-state index contributed by atoms with van der Waals surface area (Å²) in [7, 11) is 0. The maximum Gasteiger partial charge on any atom is 0.410 e. The van der Waals surface area contributed by atoms with Crippen molar-refractivity contribution in [2.45, 2.75) is 6.05 Å². The van der Waals surface area contributed by atoms with Gasteiger partial charge in [-0.15, -0.1) is 4.99 Å². The number of furan rings is 1. The van der Waals surface area contributed by atoms with Crippen LogP contribution in [0.4, 0.5) is 8.78 Å². The Bertz CT molecular complexity index is 330. The molecule has 0 aliphatic carbocycles. The molecule has 64 valence electrons. The number of hydrogen-bond acceptors (Lipinski definition) is 3. The minimum atomic E-state index is -3.63. The minimum absolute atomic E-state index is 0.151. The molecule has 0 aliphatic heterocycles. The molecule has 0 aromatic carbocycles. The van der Waals surface area contributed by atoms with E-state index >= 15 is 0 Å². The molecule has 3 nitrogen and oxygen atoms in total. The lowest BCUT2D eigenvalue weighted by Gasteiger charge is -2.02. The summed E-state index contributed by atoms with van der Waals surface area (Å²) >= 11 is 2.84. The lowest BCUT2D eigenvalue weighted by atomic mass is 10.4. The van der Waals surface area contributed by atoms with E-state index in [-0.39, 0.29) is 4.67 Å². The van der Waals surface area contributed by atoms with Crippen LogP contribution in [0.3, 0.4) is 0 Å². The van der Waals surface area contributed by atoms with Gasteiger partial charge in [-0.3, -0.25) is 0 Å². The van der Waals surface area contributed by atoms with Crippen molar-refractivity contribution in [3.05, 3.63) is 22.6 Å². The van der Waals surface area contributed by atoms with Crippen molar-refractivity contribution in [2.24, 2.45) is 4.99 Å². The molecule has 0 bridgehead atoms. The third kappa shape index (κ3) is 1.78. The Morgan fingerprint density at radius 3 is 2.67 bits per heavy atom. The molecule has 6 heteroatoms. The topological polar surface area (TPSA) is 42.6 Å². The molecule has 0 fully saturated rings. The molecule has 1 rings (SSSR count). The molecular formula is C6H2BrF2NO2. The standard InChI is InChI=1S/C6H2BrF2NO2/c7-5-2-1-4(12-5)6(8,9)10-3-11/h1-2H. The second-order valence-corrected chi connectivity index (χ2v) is 2.63. The molecule has 0 amide bonds. The number of isocyanates is 1. The molecular weight excluding hydrogens is 236 g/mol. The first-order chi connectivity index (χ1) is 5.56. The molecule has 0 radical (unpaired) electrons. The van der Waals surface area contributed by atoms with Gasteiger partial charge in [-0.05, 0) is 28.1 Å². The first-order valence-electron chi connectivity index (χ1n) is 2.79. The highest BCUT2D eigenvalue weighted by Crippen LogP contribution is 2.31. The maximum atomic E-state index is 12.6. The zero-order valence-corrected chi connectivity index (χ0v) is 7.14. The van der Waals surface area contributed by atoms with Crippen LogP contribution in [0.15, 0.2) is 26.2 Å². The second-order valence-electron chi connectivity index (χ2n) is 1.85. The highest BCUT2D eigenvalue weighted by Gasteiger charge is 2.34. The van der Waals surface area contributed by atoms with Crippen LogP contribution >= 0.6 is 15.9 Å². The zero-order valence-electron chi connectivity index (χ0n) is 5.55. The third-order valence-corrected chi connectivity index (χ3v) is 1.48. The van der Waals surface area contributed by atoms with Crippen LogP contribution in [-0.2, 0) is 10.8 Å². The molecule has 1 aromatic rings. The lowest BCUT2D eigenvalue weighted by molar-refractivity contribution is -0.0167. The molecule has 0 aliphatic rings. The van der Waals surface area contributed by atoms with Crippen LogP contribution in [-0.4, -0.2) is 6.08 Å². The van der Waals surface area contributed by atoms with Crippen molar-refractivity contribution in [1.82, 2.24) is 0 Å². The van der Waals surface area contributed by atoms with Gasteiger partial charge in [0.2, 0.25) is 6.08 Å². The van der Waals surface area contributed by atoms with Gasteiger partial charge in [0.25, 0.3) is 0 Å². The first-order valence-corrected chi connectivity index (χ1v) is 3.58.